The third-order valence-electron chi connectivity index (χ3n) is 3.85. The van der Waals surface area contributed by atoms with Gasteiger partial charge >= 0.3 is 11.9 Å². The molecule has 1 aliphatic rings. The highest BCUT2D eigenvalue weighted by molar-refractivity contribution is 6.00. The molecule has 1 aromatic carbocycles. The van der Waals surface area contributed by atoms with Gasteiger partial charge in [-0.3, -0.25) is 14.4 Å². The van der Waals surface area contributed by atoms with Crippen LogP contribution in [0.2, 0.25) is 0 Å². The first-order valence-electron chi connectivity index (χ1n) is 7.90. The van der Waals surface area contributed by atoms with Gasteiger partial charge < -0.3 is 14.2 Å². The maximum Gasteiger partial charge on any atom is 0.308 e. The van der Waals surface area contributed by atoms with Crippen LogP contribution in [0.3, 0.4) is 0 Å². The minimum atomic E-state index is -0.651. The third kappa shape index (κ3) is 4.57. The van der Waals surface area contributed by atoms with Crippen molar-refractivity contribution in [2.24, 2.45) is 0 Å². The lowest BCUT2D eigenvalue weighted by Gasteiger charge is -2.35. The van der Waals surface area contributed by atoms with Crippen molar-refractivity contribution in [1.29, 1.82) is 0 Å². The van der Waals surface area contributed by atoms with E-state index in [-0.39, 0.29) is 24.3 Å². The van der Waals surface area contributed by atoms with Crippen molar-refractivity contribution in [3.05, 3.63) is 23.8 Å². The van der Waals surface area contributed by atoms with Gasteiger partial charge in [0.15, 0.2) is 5.78 Å². The number of fused-ring (bicyclic) bond motifs is 1. The Morgan fingerprint density at radius 3 is 2.62 bits per heavy atom. The molecule has 1 aromatic rings. The molecule has 2 unspecified atom stereocenters. The summed E-state index contributed by atoms with van der Waals surface area (Å²) in [6.07, 6.45) is 1.17. The van der Waals surface area contributed by atoms with E-state index >= 15 is 0 Å². The van der Waals surface area contributed by atoms with Crippen LogP contribution in [0, 0.1) is 0 Å². The van der Waals surface area contributed by atoms with E-state index in [1.54, 1.807) is 12.1 Å². The van der Waals surface area contributed by atoms with E-state index in [9.17, 15) is 14.4 Å². The van der Waals surface area contributed by atoms with Gasteiger partial charge in [-0.25, -0.2) is 0 Å². The summed E-state index contributed by atoms with van der Waals surface area (Å²) in [5, 5.41) is 0. The van der Waals surface area contributed by atoms with Gasteiger partial charge in [-0.15, -0.1) is 0 Å². The van der Waals surface area contributed by atoms with E-state index in [2.05, 4.69) is 0 Å². The number of hydrogen-bond acceptors (Lipinski definition) is 6. The minimum Gasteiger partial charge on any atom is -0.486 e. The van der Waals surface area contributed by atoms with Crippen molar-refractivity contribution in [1.82, 2.24) is 0 Å². The Kier molecular flexibility index (Phi) is 5.26. The van der Waals surface area contributed by atoms with Crippen LogP contribution in [0.4, 0.5) is 0 Å². The molecule has 2 atom stereocenters. The fraction of sp³-hybridized carbons (Fsp3) is 0.500. The van der Waals surface area contributed by atoms with E-state index in [0.717, 1.165) is 0 Å². The van der Waals surface area contributed by atoms with Gasteiger partial charge in [0.1, 0.15) is 17.1 Å². The average Bonchev–Trinajstić information content (AvgIpc) is 2.45. The molecule has 0 bridgehead atoms. The van der Waals surface area contributed by atoms with Crippen LogP contribution in [0.1, 0.15) is 57.3 Å². The van der Waals surface area contributed by atoms with Crippen LogP contribution < -0.4 is 9.47 Å². The lowest BCUT2D eigenvalue weighted by molar-refractivity contribution is -0.146. The summed E-state index contributed by atoms with van der Waals surface area (Å²) >= 11 is 0. The Morgan fingerprint density at radius 2 is 2.00 bits per heavy atom. The fourth-order valence-corrected chi connectivity index (χ4v) is 2.77. The van der Waals surface area contributed by atoms with Crippen LogP contribution in [0.25, 0.3) is 0 Å². The van der Waals surface area contributed by atoms with Crippen molar-refractivity contribution in [2.75, 3.05) is 0 Å². The smallest absolute Gasteiger partial charge is 0.308 e. The lowest BCUT2D eigenvalue weighted by atomic mass is 9.87. The predicted octanol–water partition coefficient (Wildman–Crippen LogP) is 3.07. The number of carbonyl (C=O) groups is 3. The summed E-state index contributed by atoms with van der Waals surface area (Å²) in [6.45, 7) is 6.36. The van der Waals surface area contributed by atoms with Gasteiger partial charge in [-0.05, 0) is 44.9 Å². The molecule has 6 heteroatoms. The summed E-state index contributed by atoms with van der Waals surface area (Å²) in [6, 6.07) is 4.76. The van der Waals surface area contributed by atoms with Gasteiger partial charge in [-0.2, -0.15) is 0 Å². The molecule has 0 spiro atoms. The van der Waals surface area contributed by atoms with Crippen molar-refractivity contribution in [3.63, 3.8) is 0 Å². The van der Waals surface area contributed by atoms with Crippen LogP contribution in [-0.2, 0) is 14.3 Å². The highest BCUT2D eigenvalue weighted by atomic mass is 16.5. The van der Waals surface area contributed by atoms with E-state index in [0.29, 0.717) is 29.9 Å². The minimum absolute atomic E-state index is 0.0621. The quantitative estimate of drug-likeness (QED) is 0.608. The SMILES string of the molecule is CC(=O)Oc1ccc2c(c1)C(=O)CC(C)(CCC(C)OC(C)=O)O2. The van der Waals surface area contributed by atoms with Gasteiger partial charge in [0.25, 0.3) is 0 Å². The number of carbonyl (C=O) groups excluding carboxylic acids is 3. The molecule has 1 heterocycles. The van der Waals surface area contributed by atoms with E-state index < -0.39 is 11.6 Å². The normalized spacial score (nSPS) is 20.6. The number of rotatable bonds is 5. The molecule has 0 saturated heterocycles. The maximum atomic E-state index is 12.5. The summed E-state index contributed by atoms with van der Waals surface area (Å²) in [5.41, 5.74) is -0.235. The second kappa shape index (κ2) is 7.03. The summed E-state index contributed by atoms with van der Waals surface area (Å²) < 4.78 is 16.1. The van der Waals surface area contributed by atoms with Crippen LogP contribution >= 0.6 is 0 Å². The fourth-order valence-electron chi connectivity index (χ4n) is 2.77. The van der Waals surface area contributed by atoms with Gasteiger partial charge in [0, 0.05) is 13.8 Å². The van der Waals surface area contributed by atoms with Crippen molar-refractivity contribution in [3.8, 4) is 11.5 Å². The highest BCUT2D eigenvalue weighted by Gasteiger charge is 2.37. The molecule has 0 radical (unpaired) electrons. The summed E-state index contributed by atoms with van der Waals surface area (Å²) in [5.74, 6) is -0.0250. The highest BCUT2D eigenvalue weighted by Crippen LogP contribution is 2.37. The molecule has 24 heavy (non-hydrogen) atoms. The third-order valence-corrected chi connectivity index (χ3v) is 3.85. The van der Waals surface area contributed by atoms with Crippen molar-refractivity contribution >= 4 is 17.7 Å². The van der Waals surface area contributed by atoms with Gasteiger partial charge in [0.05, 0.1) is 18.1 Å². The first-order valence-corrected chi connectivity index (χ1v) is 7.90. The Hall–Kier alpha value is -2.37. The van der Waals surface area contributed by atoms with Gasteiger partial charge in [0.2, 0.25) is 0 Å². The summed E-state index contributed by atoms with van der Waals surface area (Å²) in [7, 11) is 0. The first kappa shape index (κ1) is 18.0. The number of hydrogen-bond donors (Lipinski definition) is 0. The number of ketones is 1. The molecule has 0 fully saturated rings. The Morgan fingerprint density at radius 1 is 1.29 bits per heavy atom. The second-order valence-electron chi connectivity index (χ2n) is 6.36. The molecular formula is C18H22O6. The molecule has 2 rings (SSSR count). The molecule has 1 aliphatic heterocycles. The Bertz CT molecular complexity index is 665. The zero-order valence-electron chi connectivity index (χ0n) is 14.4. The number of benzene rings is 1. The molecule has 0 amide bonds. The van der Waals surface area contributed by atoms with Crippen molar-refractivity contribution in [2.45, 2.75) is 58.7 Å². The molecule has 0 N–H and O–H groups in total. The van der Waals surface area contributed by atoms with E-state index in [1.165, 1.54) is 19.9 Å². The molecule has 0 aromatic heterocycles. The molecule has 0 aliphatic carbocycles. The average molecular weight is 334 g/mol. The monoisotopic (exact) mass is 334 g/mol. The van der Waals surface area contributed by atoms with Crippen molar-refractivity contribution < 1.29 is 28.6 Å². The van der Waals surface area contributed by atoms with Crippen LogP contribution in [0.5, 0.6) is 11.5 Å². The molecule has 0 saturated carbocycles. The van der Waals surface area contributed by atoms with Crippen LogP contribution in [-0.4, -0.2) is 29.4 Å². The van der Waals surface area contributed by atoms with E-state index in [1.807, 2.05) is 13.8 Å². The van der Waals surface area contributed by atoms with Gasteiger partial charge in [-0.1, -0.05) is 0 Å². The lowest BCUT2D eigenvalue weighted by Crippen LogP contribution is -2.40. The number of ether oxygens (including phenoxy) is 3. The summed E-state index contributed by atoms with van der Waals surface area (Å²) in [4.78, 5) is 34.4. The standard InChI is InChI=1S/C18H22O6/c1-11(22-12(2)19)7-8-18(4)10-16(21)15-9-14(23-13(3)20)5-6-17(15)24-18/h5-6,9,11H,7-8,10H2,1-4H3. The topological polar surface area (TPSA) is 78.9 Å². The predicted molar refractivity (Wildman–Crippen MR) is 86.2 cm³/mol. The number of esters is 2. The van der Waals surface area contributed by atoms with E-state index in [4.69, 9.17) is 14.2 Å². The molecule has 130 valence electrons. The Labute approximate surface area is 141 Å². The number of Topliss-reactive ketones (excluding diaryl/α,β-unsaturated/α-hetero) is 1. The largest absolute Gasteiger partial charge is 0.486 e. The zero-order valence-corrected chi connectivity index (χ0v) is 14.4. The van der Waals surface area contributed by atoms with Crippen LogP contribution in [0.15, 0.2) is 18.2 Å². The molecular weight excluding hydrogens is 312 g/mol. The Balaban J connectivity index is 2.09. The first-order chi connectivity index (χ1) is 11.2. The zero-order chi connectivity index (χ0) is 17.9. The maximum absolute atomic E-state index is 12.5. The second-order valence-corrected chi connectivity index (χ2v) is 6.36. The molecule has 6 nitrogen and oxygen atoms in total.